The van der Waals surface area contributed by atoms with E-state index >= 15 is 0 Å². The molecule has 190 valence electrons. The number of H-pyrrole nitrogens is 1. The Morgan fingerprint density at radius 1 is 1.14 bits per heavy atom. The number of hydrogen-bond acceptors (Lipinski definition) is 4. The summed E-state index contributed by atoms with van der Waals surface area (Å²) in [6.07, 6.45) is -0.473. The zero-order valence-corrected chi connectivity index (χ0v) is 20.2. The zero-order valence-electron chi connectivity index (χ0n) is 20.2. The minimum Gasteiger partial charge on any atom is -0.447 e. The van der Waals surface area contributed by atoms with E-state index in [1.54, 1.807) is 6.07 Å². The standard InChI is InChI=1S/C27H29F3N4O2/c1-18(2)13-32-26(35)24-17-36-25(33-24)16-34(15-19-6-5-7-21(12-19)27(28,29)30)11-10-20-14-31-23-9-4-3-8-22(20)23/h3-9,12,14,17-18,31H,10-11,13,15-16H2,1-2H3,(H,32,35). The number of alkyl halides is 3. The molecule has 36 heavy (non-hydrogen) atoms. The zero-order chi connectivity index (χ0) is 25.7. The van der Waals surface area contributed by atoms with Crippen LogP contribution in [-0.4, -0.2) is 33.9 Å². The van der Waals surface area contributed by atoms with Crippen molar-refractivity contribution < 1.29 is 22.4 Å². The molecular formula is C27H29F3N4O2. The number of aromatic nitrogens is 2. The van der Waals surface area contributed by atoms with Crippen LogP contribution in [0.5, 0.6) is 0 Å². The van der Waals surface area contributed by atoms with E-state index in [1.807, 2.05) is 49.2 Å². The van der Waals surface area contributed by atoms with Gasteiger partial charge in [-0.05, 0) is 35.6 Å². The van der Waals surface area contributed by atoms with Crippen molar-refractivity contribution >= 4 is 16.8 Å². The lowest BCUT2D eigenvalue weighted by molar-refractivity contribution is -0.137. The summed E-state index contributed by atoms with van der Waals surface area (Å²) in [5.74, 6) is 0.310. The van der Waals surface area contributed by atoms with Crippen molar-refractivity contribution in [3.8, 4) is 0 Å². The summed E-state index contributed by atoms with van der Waals surface area (Å²) < 4.78 is 45.3. The van der Waals surface area contributed by atoms with Gasteiger partial charge in [0, 0.05) is 36.7 Å². The monoisotopic (exact) mass is 498 g/mol. The Balaban J connectivity index is 1.51. The molecule has 4 rings (SSSR count). The van der Waals surface area contributed by atoms with E-state index < -0.39 is 11.7 Å². The van der Waals surface area contributed by atoms with Crippen molar-refractivity contribution in [2.45, 2.75) is 39.5 Å². The Morgan fingerprint density at radius 2 is 1.94 bits per heavy atom. The first-order valence-electron chi connectivity index (χ1n) is 11.8. The highest BCUT2D eigenvalue weighted by molar-refractivity contribution is 5.91. The van der Waals surface area contributed by atoms with Crippen LogP contribution in [0.3, 0.4) is 0 Å². The summed E-state index contributed by atoms with van der Waals surface area (Å²) in [5.41, 5.74) is 2.17. The summed E-state index contributed by atoms with van der Waals surface area (Å²) in [6.45, 7) is 5.57. The number of halogens is 3. The highest BCUT2D eigenvalue weighted by Crippen LogP contribution is 2.30. The quantitative estimate of drug-likeness (QED) is 0.290. The van der Waals surface area contributed by atoms with Crippen LogP contribution in [-0.2, 0) is 25.7 Å². The summed E-state index contributed by atoms with van der Waals surface area (Å²) in [4.78, 5) is 21.9. The first-order chi connectivity index (χ1) is 17.2. The SMILES string of the molecule is CC(C)CNC(=O)c1coc(CN(CCc2c[nH]c3ccccc23)Cc2cccc(C(F)(F)F)c2)n1. The molecule has 0 saturated heterocycles. The van der Waals surface area contributed by atoms with Gasteiger partial charge < -0.3 is 14.7 Å². The second-order valence-electron chi connectivity index (χ2n) is 9.25. The third-order valence-electron chi connectivity index (χ3n) is 5.85. The van der Waals surface area contributed by atoms with Crippen LogP contribution in [0.4, 0.5) is 13.2 Å². The van der Waals surface area contributed by atoms with E-state index in [9.17, 15) is 18.0 Å². The number of carbonyl (C=O) groups is 1. The maximum atomic E-state index is 13.2. The Labute approximate surface area is 207 Å². The smallest absolute Gasteiger partial charge is 0.416 e. The van der Waals surface area contributed by atoms with Gasteiger partial charge in [-0.3, -0.25) is 9.69 Å². The Hall–Kier alpha value is -3.59. The number of aromatic amines is 1. The van der Waals surface area contributed by atoms with Crippen LogP contribution in [0.15, 0.2) is 65.4 Å². The molecule has 1 amide bonds. The lowest BCUT2D eigenvalue weighted by Crippen LogP contribution is -2.28. The molecule has 0 saturated carbocycles. The van der Waals surface area contributed by atoms with Gasteiger partial charge in [-0.1, -0.05) is 50.2 Å². The topological polar surface area (TPSA) is 74.2 Å². The van der Waals surface area contributed by atoms with E-state index in [4.69, 9.17) is 4.42 Å². The molecule has 0 fully saturated rings. The van der Waals surface area contributed by atoms with Crippen molar-refractivity contribution in [2.24, 2.45) is 5.92 Å². The van der Waals surface area contributed by atoms with E-state index in [0.29, 0.717) is 36.9 Å². The van der Waals surface area contributed by atoms with Crippen LogP contribution < -0.4 is 5.32 Å². The fourth-order valence-electron chi connectivity index (χ4n) is 4.00. The van der Waals surface area contributed by atoms with Crippen molar-refractivity contribution in [1.82, 2.24) is 20.2 Å². The molecule has 0 aliphatic rings. The van der Waals surface area contributed by atoms with Gasteiger partial charge in [-0.25, -0.2) is 4.98 Å². The van der Waals surface area contributed by atoms with Gasteiger partial charge in [0.15, 0.2) is 5.69 Å². The van der Waals surface area contributed by atoms with Crippen LogP contribution >= 0.6 is 0 Å². The number of amides is 1. The minimum absolute atomic E-state index is 0.182. The number of para-hydroxylation sites is 1. The number of rotatable bonds is 10. The fraction of sp³-hybridized carbons (Fsp3) is 0.333. The molecule has 4 aromatic rings. The Bertz CT molecular complexity index is 1310. The van der Waals surface area contributed by atoms with Gasteiger partial charge in [0.1, 0.15) is 6.26 Å². The molecule has 2 heterocycles. The first-order valence-corrected chi connectivity index (χ1v) is 11.8. The molecule has 0 bridgehead atoms. The van der Waals surface area contributed by atoms with Crippen LogP contribution in [0, 0.1) is 5.92 Å². The maximum Gasteiger partial charge on any atom is 0.416 e. The molecule has 0 aliphatic carbocycles. The maximum absolute atomic E-state index is 13.2. The highest BCUT2D eigenvalue weighted by Gasteiger charge is 2.30. The number of oxazole rings is 1. The van der Waals surface area contributed by atoms with Crippen LogP contribution in [0.2, 0.25) is 0 Å². The predicted molar refractivity (Wildman–Crippen MR) is 131 cm³/mol. The van der Waals surface area contributed by atoms with Crippen LogP contribution in [0.25, 0.3) is 10.9 Å². The second-order valence-corrected chi connectivity index (χ2v) is 9.25. The van der Waals surface area contributed by atoms with Crippen molar-refractivity contribution in [3.05, 3.63) is 89.3 Å². The largest absolute Gasteiger partial charge is 0.447 e. The summed E-state index contributed by atoms with van der Waals surface area (Å²) in [6, 6.07) is 13.3. The number of fused-ring (bicyclic) bond motifs is 1. The summed E-state index contributed by atoms with van der Waals surface area (Å²) in [5, 5.41) is 3.91. The van der Waals surface area contributed by atoms with Gasteiger partial charge >= 0.3 is 6.18 Å². The summed E-state index contributed by atoms with van der Waals surface area (Å²) in [7, 11) is 0. The van der Waals surface area contributed by atoms with Gasteiger partial charge in [-0.2, -0.15) is 13.2 Å². The van der Waals surface area contributed by atoms with Gasteiger partial charge in [0.05, 0.1) is 12.1 Å². The third-order valence-corrected chi connectivity index (χ3v) is 5.85. The second kappa shape index (κ2) is 11.0. The predicted octanol–water partition coefficient (Wildman–Crippen LogP) is 5.81. The molecule has 6 nitrogen and oxygen atoms in total. The number of carbonyl (C=O) groups excluding carboxylic acids is 1. The van der Waals surface area contributed by atoms with E-state index in [-0.39, 0.29) is 24.7 Å². The van der Waals surface area contributed by atoms with E-state index in [2.05, 4.69) is 15.3 Å². The average Bonchev–Trinajstić information content (AvgIpc) is 3.48. The number of benzene rings is 2. The summed E-state index contributed by atoms with van der Waals surface area (Å²) >= 11 is 0. The molecule has 0 unspecified atom stereocenters. The van der Waals surface area contributed by atoms with E-state index in [1.165, 1.54) is 18.4 Å². The van der Waals surface area contributed by atoms with Crippen molar-refractivity contribution in [1.29, 1.82) is 0 Å². The van der Waals surface area contributed by atoms with Crippen molar-refractivity contribution in [3.63, 3.8) is 0 Å². The van der Waals surface area contributed by atoms with Gasteiger partial charge in [-0.15, -0.1) is 0 Å². The van der Waals surface area contributed by atoms with Crippen LogP contribution in [0.1, 0.15) is 46.9 Å². The lowest BCUT2D eigenvalue weighted by Gasteiger charge is -2.21. The number of nitrogens with one attached hydrogen (secondary N) is 2. The Morgan fingerprint density at radius 3 is 2.72 bits per heavy atom. The van der Waals surface area contributed by atoms with E-state index in [0.717, 1.165) is 22.5 Å². The first kappa shape index (κ1) is 25.5. The lowest BCUT2D eigenvalue weighted by atomic mass is 10.1. The van der Waals surface area contributed by atoms with Gasteiger partial charge in [0.2, 0.25) is 5.89 Å². The molecule has 2 N–H and O–H groups in total. The molecule has 0 aliphatic heterocycles. The molecule has 2 aromatic heterocycles. The van der Waals surface area contributed by atoms with Gasteiger partial charge in [0.25, 0.3) is 5.91 Å². The number of nitrogens with zero attached hydrogens (tertiary/aromatic N) is 2. The molecule has 0 spiro atoms. The molecule has 9 heteroatoms. The highest BCUT2D eigenvalue weighted by atomic mass is 19.4. The molecule has 2 aromatic carbocycles. The van der Waals surface area contributed by atoms with Crippen molar-refractivity contribution in [2.75, 3.05) is 13.1 Å². The normalized spacial score (nSPS) is 12.1. The minimum atomic E-state index is -4.41. The Kier molecular flexibility index (Phi) is 7.79. The average molecular weight is 499 g/mol. The third kappa shape index (κ3) is 6.54. The number of hydrogen-bond donors (Lipinski definition) is 2. The molecular weight excluding hydrogens is 469 g/mol. The molecule has 0 atom stereocenters. The molecule has 0 radical (unpaired) electrons. The fourth-order valence-corrected chi connectivity index (χ4v) is 4.00.